The van der Waals surface area contributed by atoms with Gasteiger partial charge in [0.05, 0.1) is 15.1 Å². The van der Waals surface area contributed by atoms with Gasteiger partial charge in [0.15, 0.2) is 5.13 Å². The zero-order valence-electron chi connectivity index (χ0n) is 16.6. The molecule has 6 nitrogen and oxygen atoms in total. The third kappa shape index (κ3) is 4.42. The highest BCUT2D eigenvalue weighted by atomic mass is 32.2. The third-order valence-corrected chi connectivity index (χ3v) is 7.14. The summed E-state index contributed by atoms with van der Waals surface area (Å²) in [6, 6.07) is 14.6. The molecule has 4 rings (SSSR count). The molecule has 0 aliphatic rings. The molecule has 2 N–H and O–H groups in total. The first-order valence-electron chi connectivity index (χ1n) is 9.29. The molecule has 4 aromatic rings. The van der Waals surface area contributed by atoms with Crippen LogP contribution in [0.4, 0.5) is 15.2 Å². The number of halogens is 1. The van der Waals surface area contributed by atoms with E-state index >= 15 is 0 Å². The predicted molar refractivity (Wildman–Crippen MR) is 121 cm³/mol. The van der Waals surface area contributed by atoms with Crippen LogP contribution in [0, 0.1) is 19.7 Å². The lowest BCUT2D eigenvalue weighted by Gasteiger charge is -2.09. The largest absolute Gasteiger partial charge is 0.298 e. The van der Waals surface area contributed by atoms with Crippen LogP contribution in [0.15, 0.2) is 65.6 Å². The third-order valence-electron chi connectivity index (χ3n) is 4.81. The summed E-state index contributed by atoms with van der Waals surface area (Å²) in [7, 11) is -3.92. The number of aromatic nitrogens is 1. The first kappa shape index (κ1) is 21.0. The number of carbonyl (C=O) groups is 1. The summed E-state index contributed by atoms with van der Waals surface area (Å²) < 4.78 is 41.4. The molecule has 0 fully saturated rings. The first-order chi connectivity index (χ1) is 14.7. The van der Waals surface area contributed by atoms with Crippen LogP contribution in [0.3, 0.4) is 0 Å². The number of fused-ring (bicyclic) bond motifs is 1. The topological polar surface area (TPSA) is 88.2 Å². The molecule has 0 saturated heterocycles. The van der Waals surface area contributed by atoms with Gasteiger partial charge in [0, 0.05) is 11.3 Å². The van der Waals surface area contributed by atoms with Gasteiger partial charge in [-0.05, 0) is 73.5 Å². The number of amides is 1. The summed E-state index contributed by atoms with van der Waals surface area (Å²) in [5.74, 6) is -0.936. The molecule has 1 amide bonds. The number of nitrogens with one attached hydrogen (secondary N) is 2. The summed E-state index contributed by atoms with van der Waals surface area (Å²) in [6.45, 7) is 3.99. The molecule has 0 saturated carbocycles. The highest BCUT2D eigenvalue weighted by Gasteiger charge is 2.16. The smallest absolute Gasteiger partial charge is 0.261 e. The van der Waals surface area contributed by atoms with Gasteiger partial charge < -0.3 is 0 Å². The van der Waals surface area contributed by atoms with Crippen molar-refractivity contribution in [1.29, 1.82) is 0 Å². The van der Waals surface area contributed by atoms with Crippen molar-refractivity contribution < 1.29 is 17.6 Å². The fourth-order valence-electron chi connectivity index (χ4n) is 3.00. The number of carbonyl (C=O) groups excluding carboxylic acids is 1. The zero-order chi connectivity index (χ0) is 22.2. The van der Waals surface area contributed by atoms with E-state index in [9.17, 15) is 17.6 Å². The Morgan fingerprint density at radius 2 is 1.77 bits per heavy atom. The van der Waals surface area contributed by atoms with Crippen molar-refractivity contribution in [3.05, 3.63) is 83.2 Å². The van der Waals surface area contributed by atoms with Gasteiger partial charge in [0.25, 0.3) is 15.9 Å². The minimum atomic E-state index is -3.92. The lowest BCUT2D eigenvalue weighted by atomic mass is 10.1. The van der Waals surface area contributed by atoms with Crippen molar-refractivity contribution in [2.24, 2.45) is 0 Å². The average Bonchev–Trinajstić information content (AvgIpc) is 3.14. The van der Waals surface area contributed by atoms with Crippen LogP contribution in [0.5, 0.6) is 0 Å². The molecule has 0 bridgehead atoms. The van der Waals surface area contributed by atoms with Crippen LogP contribution in [-0.2, 0) is 10.0 Å². The summed E-state index contributed by atoms with van der Waals surface area (Å²) >= 11 is 1.37. The number of hydrogen-bond acceptors (Lipinski definition) is 5. The maximum absolute atomic E-state index is 13.1. The molecule has 3 aromatic carbocycles. The Balaban J connectivity index is 1.54. The number of nitrogens with zero attached hydrogens (tertiary/aromatic N) is 1. The van der Waals surface area contributed by atoms with Crippen LogP contribution in [0.25, 0.3) is 10.2 Å². The summed E-state index contributed by atoms with van der Waals surface area (Å²) in [5.41, 5.74) is 3.52. The van der Waals surface area contributed by atoms with Gasteiger partial charge in [0.2, 0.25) is 0 Å². The second-order valence-electron chi connectivity index (χ2n) is 6.97. The maximum atomic E-state index is 13.1. The second kappa shape index (κ2) is 8.09. The van der Waals surface area contributed by atoms with E-state index in [0.29, 0.717) is 5.13 Å². The fraction of sp³-hybridized carbons (Fsp3) is 0.0909. The Hall–Kier alpha value is -3.30. The van der Waals surface area contributed by atoms with Gasteiger partial charge in [-0.2, -0.15) is 0 Å². The van der Waals surface area contributed by atoms with Crippen LogP contribution in [0.1, 0.15) is 21.5 Å². The Bertz CT molecular complexity index is 1400. The Morgan fingerprint density at radius 3 is 2.52 bits per heavy atom. The fourth-order valence-corrected chi connectivity index (χ4v) is 4.97. The summed E-state index contributed by atoms with van der Waals surface area (Å²) in [5, 5.41) is 3.24. The highest BCUT2D eigenvalue weighted by molar-refractivity contribution is 7.92. The van der Waals surface area contributed by atoms with Gasteiger partial charge in [-0.15, -0.1) is 0 Å². The molecular formula is C22H18FN3O3S2. The van der Waals surface area contributed by atoms with Gasteiger partial charge in [-0.3, -0.25) is 14.8 Å². The van der Waals surface area contributed by atoms with Crippen molar-refractivity contribution in [1.82, 2.24) is 4.98 Å². The number of benzene rings is 3. The Labute approximate surface area is 182 Å². The SMILES string of the molecule is Cc1ccc2sc(NC(=O)c3cccc(NS(=O)(=O)c4ccc(F)cc4)c3)nc2c1C. The molecule has 0 aliphatic carbocycles. The Morgan fingerprint density at radius 1 is 1.03 bits per heavy atom. The Kier molecular flexibility index (Phi) is 5.47. The number of anilines is 2. The van der Waals surface area contributed by atoms with E-state index in [2.05, 4.69) is 15.0 Å². The van der Waals surface area contributed by atoms with Gasteiger partial charge in [0.1, 0.15) is 5.82 Å². The standard InChI is InChI=1S/C22H18FN3O3S2/c1-13-6-11-19-20(14(13)2)24-22(30-19)25-21(27)15-4-3-5-17(12-15)26-31(28,29)18-9-7-16(23)8-10-18/h3-12,26H,1-2H3,(H,24,25,27). The highest BCUT2D eigenvalue weighted by Crippen LogP contribution is 2.30. The summed E-state index contributed by atoms with van der Waals surface area (Å²) in [4.78, 5) is 17.1. The number of sulfonamides is 1. The number of rotatable bonds is 5. The number of aryl methyl sites for hydroxylation is 2. The number of hydrogen-bond donors (Lipinski definition) is 2. The minimum Gasteiger partial charge on any atom is -0.298 e. The van der Waals surface area contributed by atoms with Crippen LogP contribution in [0.2, 0.25) is 0 Å². The molecule has 1 aromatic heterocycles. The van der Waals surface area contributed by atoms with Crippen molar-refractivity contribution in [3.63, 3.8) is 0 Å². The second-order valence-corrected chi connectivity index (χ2v) is 9.68. The van der Waals surface area contributed by atoms with E-state index in [4.69, 9.17) is 0 Å². The van der Waals surface area contributed by atoms with Gasteiger partial charge in [-0.25, -0.2) is 17.8 Å². The van der Waals surface area contributed by atoms with Crippen LogP contribution >= 0.6 is 11.3 Å². The van der Waals surface area contributed by atoms with Crippen molar-refractivity contribution >= 4 is 48.3 Å². The molecule has 0 spiro atoms. The normalized spacial score (nSPS) is 11.5. The lowest BCUT2D eigenvalue weighted by molar-refractivity contribution is 0.102. The van der Waals surface area contributed by atoms with Gasteiger partial charge >= 0.3 is 0 Å². The molecule has 0 radical (unpaired) electrons. The van der Waals surface area contributed by atoms with E-state index < -0.39 is 21.7 Å². The van der Waals surface area contributed by atoms with E-state index in [1.807, 2.05) is 26.0 Å². The quantitative estimate of drug-likeness (QED) is 0.438. The molecular weight excluding hydrogens is 437 g/mol. The zero-order valence-corrected chi connectivity index (χ0v) is 18.3. The van der Waals surface area contributed by atoms with Crippen molar-refractivity contribution in [3.8, 4) is 0 Å². The molecule has 158 valence electrons. The van der Waals surface area contributed by atoms with Crippen molar-refractivity contribution in [2.75, 3.05) is 10.0 Å². The van der Waals surface area contributed by atoms with Crippen molar-refractivity contribution in [2.45, 2.75) is 18.7 Å². The molecule has 1 heterocycles. The average molecular weight is 456 g/mol. The predicted octanol–water partition coefficient (Wildman–Crippen LogP) is 5.11. The van der Waals surface area contributed by atoms with Crippen LogP contribution in [-0.4, -0.2) is 19.3 Å². The van der Waals surface area contributed by atoms with E-state index in [1.54, 1.807) is 12.1 Å². The molecule has 0 atom stereocenters. The molecule has 31 heavy (non-hydrogen) atoms. The van der Waals surface area contributed by atoms with Crippen LogP contribution < -0.4 is 10.0 Å². The van der Waals surface area contributed by atoms with E-state index in [-0.39, 0.29) is 16.1 Å². The van der Waals surface area contributed by atoms with Gasteiger partial charge in [-0.1, -0.05) is 23.5 Å². The monoisotopic (exact) mass is 455 g/mol. The molecule has 0 unspecified atom stereocenters. The first-order valence-corrected chi connectivity index (χ1v) is 11.6. The van der Waals surface area contributed by atoms with E-state index in [1.165, 1.54) is 35.6 Å². The lowest BCUT2D eigenvalue weighted by Crippen LogP contribution is -2.15. The molecule has 0 aliphatic heterocycles. The molecule has 9 heteroatoms. The van der Waals surface area contributed by atoms with E-state index in [0.717, 1.165) is 33.5 Å². The summed E-state index contributed by atoms with van der Waals surface area (Å²) in [6.07, 6.45) is 0. The number of thiazole rings is 1. The minimum absolute atomic E-state index is 0.0797. The maximum Gasteiger partial charge on any atom is 0.261 e.